The Balaban J connectivity index is 3.65. The molecule has 0 amide bonds. The summed E-state index contributed by atoms with van der Waals surface area (Å²) in [5.41, 5.74) is 0.105. The average molecular weight is 217 g/mol. The first kappa shape index (κ1) is 14.9. The second kappa shape index (κ2) is 7.20. The summed E-state index contributed by atoms with van der Waals surface area (Å²) in [5, 5.41) is 13.0. The number of aliphatic hydroxyl groups is 1. The van der Waals surface area contributed by atoms with Gasteiger partial charge in [0.25, 0.3) is 0 Å². The fourth-order valence-electron chi connectivity index (χ4n) is 1.47. The minimum absolute atomic E-state index is 0.105. The van der Waals surface area contributed by atoms with E-state index in [0.717, 1.165) is 12.8 Å². The van der Waals surface area contributed by atoms with Crippen molar-refractivity contribution in [2.75, 3.05) is 13.2 Å². The molecule has 1 atom stereocenters. The zero-order valence-corrected chi connectivity index (χ0v) is 10.8. The van der Waals surface area contributed by atoms with Crippen molar-refractivity contribution in [3.8, 4) is 0 Å². The van der Waals surface area contributed by atoms with Crippen molar-refractivity contribution >= 4 is 0 Å². The molecule has 0 bridgehead atoms. The molecule has 0 aromatic heterocycles. The highest BCUT2D eigenvalue weighted by molar-refractivity contribution is 4.78. The highest BCUT2D eigenvalue weighted by atomic mass is 16.5. The summed E-state index contributed by atoms with van der Waals surface area (Å²) in [6, 6.07) is 0. The molecule has 0 spiro atoms. The van der Waals surface area contributed by atoms with E-state index in [1.165, 1.54) is 0 Å². The highest BCUT2D eigenvalue weighted by Gasteiger charge is 2.17. The third-order valence-corrected chi connectivity index (χ3v) is 2.31. The zero-order chi connectivity index (χ0) is 11.9. The van der Waals surface area contributed by atoms with Gasteiger partial charge in [-0.1, -0.05) is 13.3 Å². The summed E-state index contributed by atoms with van der Waals surface area (Å²) in [5.74, 6) is 0. The smallest absolute Gasteiger partial charge is 0.0898 e. The normalized spacial score (nSPS) is 14.6. The first-order valence-electron chi connectivity index (χ1n) is 5.92. The van der Waals surface area contributed by atoms with E-state index in [1.807, 2.05) is 13.8 Å². The van der Waals surface area contributed by atoms with Gasteiger partial charge in [0.05, 0.1) is 18.8 Å². The Morgan fingerprint density at radius 3 is 2.40 bits per heavy atom. The van der Waals surface area contributed by atoms with Gasteiger partial charge in [-0.3, -0.25) is 0 Å². The fourth-order valence-corrected chi connectivity index (χ4v) is 1.47. The van der Waals surface area contributed by atoms with E-state index in [1.54, 1.807) is 0 Å². The van der Waals surface area contributed by atoms with Gasteiger partial charge in [-0.2, -0.15) is 0 Å². The van der Waals surface area contributed by atoms with E-state index in [4.69, 9.17) is 4.74 Å². The fraction of sp³-hybridized carbons (Fsp3) is 1.00. The molecule has 92 valence electrons. The maximum absolute atomic E-state index is 9.64. The van der Waals surface area contributed by atoms with Crippen LogP contribution in [0.4, 0.5) is 0 Å². The summed E-state index contributed by atoms with van der Waals surface area (Å²) in [4.78, 5) is 0. The van der Waals surface area contributed by atoms with Gasteiger partial charge in [-0.15, -0.1) is 0 Å². The molecule has 0 heterocycles. The maximum atomic E-state index is 9.64. The predicted molar refractivity (Wildman–Crippen MR) is 64.1 cm³/mol. The van der Waals surface area contributed by atoms with Crippen molar-refractivity contribution in [1.82, 2.24) is 5.32 Å². The third kappa shape index (κ3) is 8.85. The van der Waals surface area contributed by atoms with Crippen LogP contribution in [0.15, 0.2) is 0 Å². The molecule has 0 rings (SSSR count). The monoisotopic (exact) mass is 217 g/mol. The van der Waals surface area contributed by atoms with E-state index in [9.17, 15) is 5.11 Å². The van der Waals surface area contributed by atoms with Crippen molar-refractivity contribution in [1.29, 1.82) is 0 Å². The van der Waals surface area contributed by atoms with Crippen LogP contribution in [0.1, 0.15) is 47.5 Å². The molecule has 0 fully saturated rings. The molecule has 0 aliphatic carbocycles. The molecule has 3 nitrogen and oxygen atoms in total. The van der Waals surface area contributed by atoms with Crippen molar-refractivity contribution in [2.24, 2.45) is 0 Å². The van der Waals surface area contributed by atoms with E-state index < -0.39 is 6.10 Å². The van der Waals surface area contributed by atoms with Crippen molar-refractivity contribution in [3.05, 3.63) is 0 Å². The molecular weight excluding hydrogens is 190 g/mol. The molecule has 0 aromatic carbocycles. The Bertz CT molecular complexity index is 158. The molecule has 0 radical (unpaired) electrons. The van der Waals surface area contributed by atoms with Crippen LogP contribution in [0.25, 0.3) is 0 Å². The van der Waals surface area contributed by atoms with Gasteiger partial charge in [-0.05, 0) is 34.1 Å². The van der Waals surface area contributed by atoms with Gasteiger partial charge in [0, 0.05) is 12.1 Å². The van der Waals surface area contributed by atoms with E-state index in [0.29, 0.717) is 13.2 Å². The molecule has 0 saturated carbocycles. The molecule has 0 saturated heterocycles. The van der Waals surface area contributed by atoms with E-state index >= 15 is 0 Å². The lowest BCUT2D eigenvalue weighted by Crippen LogP contribution is -2.44. The molecule has 3 heteroatoms. The molecule has 15 heavy (non-hydrogen) atoms. The second-order valence-corrected chi connectivity index (χ2v) is 5.05. The number of rotatable bonds is 8. The van der Waals surface area contributed by atoms with Crippen LogP contribution in [0.2, 0.25) is 0 Å². The quantitative estimate of drug-likeness (QED) is 0.653. The van der Waals surface area contributed by atoms with Crippen molar-refractivity contribution in [3.63, 3.8) is 0 Å². The van der Waals surface area contributed by atoms with Gasteiger partial charge >= 0.3 is 0 Å². The van der Waals surface area contributed by atoms with Crippen LogP contribution in [0.3, 0.4) is 0 Å². The summed E-state index contributed by atoms with van der Waals surface area (Å²) in [6.07, 6.45) is 2.04. The van der Waals surface area contributed by atoms with Crippen LogP contribution in [-0.2, 0) is 4.74 Å². The maximum Gasteiger partial charge on any atom is 0.0898 e. The van der Waals surface area contributed by atoms with E-state index in [-0.39, 0.29) is 11.6 Å². The lowest BCUT2D eigenvalue weighted by Gasteiger charge is -2.27. The van der Waals surface area contributed by atoms with Crippen molar-refractivity contribution in [2.45, 2.75) is 65.2 Å². The molecule has 2 N–H and O–H groups in total. The third-order valence-electron chi connectivity index (χ3n) is 2.31. The average Bonchev–Trinajstić information content (AvgIpc) is 2.11. The van der Waals surface area contributed by atoms with Gasteiger partial charge < -0.3 is 15.2 Å². The topological polar surface area (TPSA) is 41.5 Å². The summed E-state index contributed by atoms with van der Waals surface area (Å²) < 4.78 is 5.34. The first-order chi connectivity index (χ1) is 6.87. The Hall–Kier alpha value is -0.120. The van der Waals surface area contributed by atoms with Crippen LogP contribution in [-0.4, -0.2) is 36.0 Å². The van der Waals surface area contributed by atoms with Crippen LogP contribution >= 0.6 is 0 Å². The van der Waals surface area contributed by atoms with Crippen LogP contribution in [0.5, 0.6) is 0 Å². The van der Waals surface area contributed by atoms with Crippen LogP contribution < -0.4 is 5.32 Å². The van der Waals surface area contributed by atoms with Gasteiger partial charge in [-0.25, -0.2) is 0 Å². The number of aliphatic hydroxyl groups excluding tert-OH is 1. The lowest BCUT2D eigenvalue weighted by atomic mass is 9.99. The standard InChI is InChI=1S/C12H27NO2/c1-6-7-12(4,5)13-8-11(14)9-15-10(2)3/h10-11,13-14H,6-9H2,1-5H3. The molecule has 0 aliphatic rings. The molecule has 0 aromatic rings. The number of nitrogens with one attached hydrogen (secondary N) is 1. The van der Waals surface area contributed by atoms with E-state index in [2.05, 4.69) is 26.1 Å². The first-order valence-corrected chi connectivity index (χ1v) is 5.92. The summed E-state index contributed by atoms with van der Waals surface area (Å²) in [7, 11) is 0. The number of hydrogen-bond acceptors (Lipinski definition) is 3. The zero-order valence-electron chi connectivity index (χ0n) is 10.8. The lowest BCUT2D eigenvalue weighted by molar-refractivity contribution is 0.00386. The Morgan fingerprint density at radius 2 is 1.93 bits per heavy atom. The van der Waals surface area contributed by atoms with Gasteiger partial charge in [0.2, 0.25) is 0 Å². The Labute approximate surface area is 94.2 Å². The Kier molecular flexibility index (Phi) is 7.14. The number of ether oxygens (including phenoxy) is 1. The SMILES string of the molecule is CCCC(C)(C)NCC(O)COC(C)C. The van der Waals surface area contributed by atoms with Gasteiger partial charge in [0.1, 0.15) is 0 Å². The minimum atomic E-state index is -0.413. The summed E-state index contributed by atoms with van der Waals surface area (Å²) >= 11 is 0. The van der Waals surface area contributed by atoms with Crippen molar-refractivity contribution < 1.29 is 9.84 Å². The largest absolute Gasteiger partial charge is 0.389 e. The van der Waals surface area contributed by atoms with Gasteiger partial charge in [0.15, 0.2) is 0 Å². The molecule has 1 unspecified atom stereocenters. The van der Waals surface area contributed by atoms with Crippen LogP contribution in [0, 0.1) is 0 Å². The molecular formula is C12H27NO2. The number of β-amino-alcohol motifs (C(OH)–C–C–N with tert-alkyl or cyclic N) is 1. The summed E-state index contributed by atoms with van der Waals surface area (Å²) in [6.45, 7) is 11.4. The number of hydrogen-bond donors (Lipinski definition) is 2. The predicted octanol–water partition coefficient (Wildman–Crippen LogP) is 1.94. The highest BCUT2D eigenvalue weighted by Crippen LogP contribution is 2.10. The minimum Gasteiger partial charge on any atom is -0.389 e. The Morgan fingerprint density at radius 1 is 1.33 bits per heavy atom. The second-order valence-electron chi connectivity index (χ2n) is 5.05. The molecule has 0 aliphatic heterocycles.